The molecule has 0 aliphatic heterocycles. The minimum Gasteiger partial charge on any atom is -0.301 e. The number of hydrogen-bond donors (Lipinski definition) is 1. The van der Waals surface area contributed by atoms with Crippen molar-refractivity contribution in [3.8, 4) is 0 Å². The van der Waals surface area contributed by atoms with E-state index in [1.165, 1.54) is 6.08 Å². The summed E-state index contributed by atoms with van der Waals surface area (Å²) in [6.45, 7) is 3.49. The molecule has 0 bridgehead atoms. The molecule has 0 aliphatic carbocycles. The van der Waals surface area contributed by atoms with Crippen LogP contribution in [-0.4, -0.2) is 5.71 Å². The SMILES string of the molecule is C=CC(=N)/C=C/c1cccs1. The monoisotopic (exact) mass is 163 g/mol. The van der Waals surface area contributed by atoms with Crippen LogP contribution in [0.3, 0.4) is 0 Å². The fourth-order valence-corrected chi connectivity index (χ4v) is 1.24. The van der Waals surface area contributed by atoms with E-state index in [0.29, 0.717) is 5.71 Å². The quantitative estimate of drug-likeness (QED) is 0.662. The third-order valence-corrected chi connectivity index (χ3v) is 2.03. The fraction of sp³-hybridized carbons (Fsp3) is 0. The summed E-state index contributed by atoms with van der Waals surface area (Å²) in [5.41, 5.74) is 0.443. The zero-order chi connectivity index (χ0) is 8.10. The molecular formula is C9H9NS. The normalized spacial score (nSPS) is 10.2. The van der Waals surface area contributed by atoms with Crippen LogP contribution in [0.5, 0.6) is 0 Å². The number of allylic oxidation sites excluding steroid dienone is 2. The second-order valence-electron chi connectivity index (χ2n) is 2.01. The minimum atomic E-state index is 0.443. The fourth-order valence-electron chi connectivity index (χ4n) is 0.626. The number of nitrogens with one attached hydrogen (secondary N) is 1. The average molecular weight is 163 g/mol. The van der Waals surface area contributed by atoms with E-state index < -0.39 is 0 Å². The number of rotatable bonds is 3. The van der Waals surface area contributed by atoms with Crippen LogP contribution in [0.4, 0.5) is 0 Å². The Morgan fingerprint density at radius 1 is 1.64 bits per heavy atom. The third-order valence-electron chi connectivity index (χ3n) is 1.19. The maximum Gasteiger partial charge on any atom is 0.0534 e. The van der Waals surface area contributed by atoms with Crippen LogP contribution in [-0.2, 0) is 0 Å². The zero-order valence-corrected chi connectivity index (χ0v) is 6.90. The summed E-state index contributed by atoms with van der Waals surface area (Å²) in [5.74, 6) is 0. The van der Waals surface area contributed by atoms with Crippen molar-refractivity contribution in [2.24, 2.45) is 0 Å². The van der Waals surface area contributed by atoms with E-state index in [4.69, 9.17) is 5.41 Å². The summed E-state index contributed by atoms with van der Waals surface area (Å²) >= 11 is 1.66. The summed E-state index contributed by atoms with van der Waals surface area (Å²) in [6.07, 6.45) is 5.16. The van der Waals surface area contributed by atoms with Crippen LogP contribution in [0.25, 0.3) is 6.08 Å². The van der Waals surface area contributed by atoms with Crippen molar-refractivity contribution in [3.63, 3.8) is 0 Å². The maximum atomic E-state index is 7.24. The maximum absolute atomic E-state index is 7.24. The molecule has 0 atom stereocenters. The van der Waals surface area contributed by atoms with Gasteiger partial charge in [0, 0.05) is 4.88 Å². The molecule has 0 saturated carbocycles. The molecule has 0 fully saturated rings. The van der Waals surface area contributed by atoms with Crippen molar-refractivity contribution in [2.45, 2.75) is 0 Å². The second-order valence-corrected chi connectivity index (χ2v) is 2.99. The summed E-state index contributed by atoms with van der Waals surface area (Å²) in [6, 6.07) is 4.00. The lowest BCUT2D eigenvalue weighted by Gasteiger charge is -1.83. The van der Waals surface area contributed by atoms with E-state index in [2.05, 4.69) is 6.58 Å². The van der Waals surface area contributed by atoms with Crippen molar-refractivity contribution in [1.29, 1.82) is 5.41 Å². The highest BCUT2D eigenvalue weighted by molar-refractivity contribution is 7.10. The molecule has 0 saturated heterocycles. The van der Waals surface area contributed by atoms with Crippen molar-refractivity contribution < 1.29 is 0 Å². The average Bonchev–Trinajstić information content (AvgIpc) is 2.52. The van der Waals surface area contributed by atoms with Crippen molar-refractivity contribution in [1.82, 2.24) is 0 Å². The van der Waals surface area contributed by atoms with Crippen LogP contribution in [0, 0.1) is 5.41 Å². The van der Waals surface area contributed by atoms with Gasteiger partial charge in [-0.1, -0.05) is 12.6 Å². The predicted octanol–water partition coefficient (Wildman–Crippen LogP) is 2.97. The highest BCUT2D eigenvalue weighted by Gasteiger charge is 1.85. The molecule has 2 heteroatoms. The first kappa shape index (κ1) is 7.95. The van der Waals surface area contributed by atoms with Gasteiger partial charge in [0.15, 0.2) is 0 Å². The lowest BCUT2D eigenvalue weighted by molar-refractivity contribution is 1.54. The molecule has 11 heavy (non-hydrogen) atoms. The van der Waals surface area contributed by atoms with E-state index >= 15 is 0 Å². The van der Waals surface area contributed by atoms with Crippen LogP contribution < -0.4 is 0 Å². The molecule has 1 aromatic heterocycles. The molecule has 56 valence electrons. The molecule has 0 unspecified atom stereocenters. The molecule has 0 amide bonds. The Labute approximate surface area is 70.2 Å². The lowest BCUT2D eigenvalue weighted by Crippen LogP contribution is -1.79. The number of hydrogen-bond acceptors (Lipinski definition) is 2. The highest BCUT2D eigenvalue weighted by atomic mass is 32.1. The molecule has 0 aromatic carbocycles. The highest BCUT2D eigenvalue weighted by Crippen LogP contribution is 2.09. The van der Waals surface area contributed by atoms with Gasteiger partial charge >= 0.3 is 0 Å². The van der Waals surface area contributed by atoms with Gasteiger partial charge in [0.1, 0.15) is 0 Å². The second kappa shape index (κ2) is 3.88. The first-order valence-electron chi connectivity index (χ1n) is 3.25. The van der Waals surface area contributed by atoms with Crippen molar-refractivity contribution in [2.75, 3.05) is 0 Å². The summed E-state index contributed by atoms with van der Waals surface area (Å²) in [7, 11) is 0. The van der Waals surface area contributed by atoms with E-state index in [1.54, 1.807) is 17.4 Å². The van der Waals surface area contributed by atoms with Gasteiger partial charge in [0.25, 0.3) is 0 Å². The molecule has 1 aromatic rings. The Morgan fingerprint density at radius 2 is 2.45 bits per heavy atom. The number of thiophene rings is 1. The Bertz CT molecular complexity index is 270. The molecule has 1 heterocycles. The standard InChI is InChI=1S/C9H9NS/c1-2-8(10)5-6-9-4-3-7-11-9/h2-7,10H,1H2/b6-5+,10-8?. The van der Waals surface area contributed by atoms with E-state index in [9.17, 15) is 0 Å². The molecule has 1 N–H and O–H groups in total. The van der Waals surface area contributed by atoms with Crippen LogP contribution in [0.2, 0.25) is 0 Å². The van der Waals surface area contributed by atoms with Crippen LogP contribution in [0.15, 0.2) is 36.2 Å². The molecular weight excluding hydrogens is 154 g/mol. The van der Waals surface area contributed by atoms with E-state index in [0.717, 1.165) is 4.88 Å². The molecule has 0 aliphatic rings. The lowest BCUT2D eigenvalue weighted by atomic mass is 10.3. The predicted molar refractivity (Wildman–Crippen MR) is 51.3 cm³/mol. The third kappa shape index (κ3) is 2.51. The van der Waals surface area contributed by atoms with Gasteiger partial charge in [-0.05, 0) is 29.7 Å². The first-order chi connectivity index (χ1) is 5.33. The van der Waals surface area contributed by atoms with Crippen molar-refractivity contribution in [3.05, 3.63) is 41.1 Å². The van der Waals surface area contributed by atoms with Gasteiger partial charge in [-0.15, -0.1) is 11.3 Å². The Hall–Kier alpha value is -1.15. The molecule has 0 spiro atoms. The Balaban J connectivity index is 2.62. The summed E-state index contributed by atoms with van der Waals surface area (Å²) in [4.78, 5) is 1.16. The largest absolute Gasteiger partial charge is 0.301 e. The molecule has 1 nitrogen and oxygen atoms in total. The van der Waals surface area contributed by atoms with Gasteiger partial charge in [-0.3, -0.25) is 0 Å². The molecule has 1 rings (SSSR count). The minimum absolute atomic E-state index is 0.443. The van der Waals surface area contributed by atoms with Gasteiger partial charge < -0.3 is 5.41 Å². The van der Waals surface area contributed by atoms with Gasteiger partial charge in [0.2, 0.25) is 0 Å². The van der Waals surface area contributed by atoms with Crippen molar-refractivity contribution >= 4 is 23.1 Å². The van der Waals surface area contributed by atoms with E-state index in [1.807, 2.05) is 23.6 Å². The van der Waals surface area contributed by atoms with E-state index in [-0.39, 0.29) is 0 Å². The van der Waals surface area contributed by atoms with Crippen LogP contribution >= 0.6 is 11.3 Å². The summed E-state index contributed by atoms with van der Waals surface area (Å²) < 4.78 is 0. The topological polar surface area (TPSA) is 23.9 Å². The van der Waals surface area contributed by atoms with Gasteiger partial charge in [-0.25, -0.2) is 0 Å². The molecule has 0 radical (unpaired) electrons. The first-order valence-corrected chi connectivity index (χ1v) is 4.13. The zero-order valence-electron chi connectivity index (χ0n) is 6.08. The Kier molecular flexibility index (Phi) is 2.81. The van der Waals surface area contributed by atoms with Crippen LogP contribution in [0.1, 0.15) is 4.88 Å². The Morgan fingerprint density at radius 3 is 3.00 bits per heavy atom. The summed E-state index contributed by atoms with van der Waals surface area (Å²) in [5, 5.41) is 9.25. The smallest absolute Gasteiger partial charge is 0.0534 e. The van der Waals surface area contributed by atoms with Gasteiger partial charge in [0.05, 0.1) is 5.71 Å². The van der Waals surface area contributed by atoms with Gasteiger partial charge in [-0.2, -0.15) is 0 Å².